The van der Waals surface area contributed by atoms with E-state index in [2.05, 4.69) is 168 Å². The lowest BCUT2D eigenvalue weighted by Gasteiger charge is -2.16. The summed E-state index contributed by atoms with van der Waals surface area (Å²) < 4.78 is 0. The van der Waals surface area contributed by atoms with E-state index in [0.717, 1.165) is 72.2 Å². The molecule has 54 heavy (non-hydrogen) atoms. The quantitative estimate of drug-likeness (QED) is 0.174. The first-order valence-electron chi connectivity index (χ1n) is 18.1. The summed E-state index contributed by atoms with van der Waals surface area (Å²) in [4.78, 5) is 19.5. The van der Waals surface area contributed by atoms with Gasteiger partial charge in [-0.05, 0) is 96.9 Å². The van der Waals surface area contributed by atoms with Crippen LogP contribution in [0.25, 0.3) is 99.6 Å². The van der Waals surface area contributed by atoms with E-state index in [1.807, 2.05) is 24.5 Å². The second kappa shape index (κ2) is 13.4. The fraction of sp³-hybridized carbons (Fsp3) is 0. The minimum Gasteiger partial charge on any atom is -0.264 e. The summed E-state index contributed by atoms with van der Waals surface area (Å²) in [5.41, 5.74) is 12.5. The SMILES string of the molecule is c1cncc(-c2ccc(-c3nc(-c4ccc(-c5cccnc5)cc4)c4cc(-c5ccc6ccccc6c5)cc(-c5ccc6ccccc6c5)c4n3)cc2)c1. The molecule has 4 heteroatoms. The number of hydrogen-bond acceptors (Lipinski definition) is 4. The summed E-state index contributed by atoms with van der Waals surface area (Å²) in [6.45, 7) is 0. The number of aromatic nitrogens is 4. The summed E-state index contributed by atoms with van der Waals surface area (Å²) >= 11 is 0. The van der Waals surface area contributed by atoms with Gasteiger partial charge in [0.2, 0.25) is 0 Å². The molecule has 0 bridgehead atoms. The number of nitrogens with zero attached hydrogens (tertiary/aromatic N) is 4. The van der Waals surface area contributed by atoms with Crippen LogP contribution in [0.15, 0.2) is 195 Å². The van der Waals surface area contributed by atoms with Crippen LogP contribution in [-0.2, 0) is 0 Å². The molecule has 0 amide bonds. The van der Waals surface area contributed by atoms with E-state index in [1.165, 1.54) is 21.5 Å². The van der Waals surface area contributed by atoms with Crippen LogP contribution < -0.4 is 0 Å². The molecule has 0 N–H and O–H groups in total. The molecule has 0 aliphatic carbocycles. The van der Waals surface area contributed by atoms with Crippen LogP contribution in [0.2, 0.25) is 0 Å². The van der Waals surface area contributed by atoms with Gasteiger partial charge >= 0.3 is 0 Å². The maximum atomic E-state index is 5.41. The van der Waals surface area contributed by atoms with Crippen molar-refractivity contribution in [1.29, 1.82) is 0 Å². The van der Waals surface area contributed by atoms with Gasteiger partial charge in [0.05, 0.1) is 11.2 Å². The van der Waals surface area contributed by atoms with Crippen molar-refractivity contribution in [2.45, 2.75) is 0 Å². The topological polar surface area (TPSA) is 51.6 Å². The lowest BCUT2D eigenvalue weighted by molar-refractivity contribution is 1.23. The van der Waals surface area contributed by atoms with E-state index in [1.54, 1.807) is 12.4 Å². The average molecular weight is 689 g/mol. The number of hydrogen-bond donors (Lipinski definition) is 0. The highest BCUT2D eigenvalue weighted by Gasteiger charge is 2.18. The molecular weight excluding hydrogens is 657 g/mol. The number of rotatable bonds is 6. The zero-order valence-corrected chi connectivity index (χ0v) is 29.3. The molecule has 0 saturated carbocycles. The molecule has 0 atom stereocenters. The zero-order chi connectivity index (χ0) is 35.8. The Morgan fingerprint density at radius 2 is 0.833 bits per heavy atom. The third-order valence-corrected chi connectivity index (χ3v) is 10.2. The lowest BCUT2D eigenvalue weighted by Crippen LogP contribution is -1.98. The Hall–Kier alpha value is -7.30. The molecule has 252 valence electrons. The minimum atomic E-state index is 0.673. The summed E-state index contributed by atoms with van der Waals surface area (Å²) in [6, 6.07) is 60.2. The van der Waals surface area contributed by atoms with Crippen molar-refractivity contribution in [2.75, 3.05) is 0 Å². The van der Waals surface area contributed by atoms with Crippen molar-refractivity contribution in [3.63, 3.8) is 0 Å². The number of pyridine rings is 2. The predicted octanol–water partition coefficient (Wildman–Crippen LogP) is 12.7. The van der Waals surface area contributed by atoms with Crippen LogP contribution in [0.5, 0.6) is 0 Å². The number of fused-ring (bicyclic) bond motifs is 3. The van der Waals surface area contributed by atoms with E-state index < -0.39 is 0 Å². The van der Waals surface area contributed by atoms with Gasteiger partial charge in [0.15, 0.2) is 5.82 Å². The van der Waals surface area contributed by atoms with Crippen molar-refractivity contribution in [3.05, 3.63) is 195 Å². The maximum Gasteiger partial charge on any atom is 0.160 e. The van der Waals surface area contributed by atoms with E-state index in [9.17, 15) is 0 Å². The molecule has 0 aliphatic rings. The smallest absolute Gasteiger partial charge is 0.160 e. The van der Waals surface area contributed by atoms with Gasteiger partial charge in [0.1, 0.15) is 0 Å². The Balaban J connectivity index is 1.23. The van der Waals surface area contributed by atoms with Crippen molar-refractivity contribution in [1.82, 2.24) is 19.9 Å². The molecule has 7 aromatic carbocycles. The first-order chi connectivity index (χ1) is 26.7. The third kappa shape index (κ3) is 5.86. The molecule has 10 aromatic rings. The van der Waals surface area contributed by atoms with Crippen LogP contribution in [0.1, 0.15) is 0 Å². The van der Waals surface area contributed by atoms with Gasteiger partial charge in [0, 0.05) is 46.9 Å². The van der Waals surface area contributed by atoms with Crippen LogP contribution in [0.3, 0.4) is 0 Å². The summed E-state index contributed by atoms with van der Waals surface area (Å²) in [5, 5.41) is 5.80. The highest BCUT2D eigenvalue weighted by molar-refractivity contribution is 6.06. The molecular formula is C50H32N4. The van der Waals surface area contributed by atoms with Gasteiger partial charge < -0.3 is 0 Å². The molecule has 4 nitrogen and oxygen atoms in total. The molecule has 0 fully saturated rings. The lowest BCUT2D eigenvalue weighted by atomic mass is 9.91. The predicted molar refractivity (Wildman–Crippen MR) is 223 cm³/mol. The van der Waals surface area contributed by atoms with Gasteiger partial charge in [-0.15, -0.1) is 0 Å². The minimum absolute atomic E-state index is 0.673. The van der Waals surface area contributed by atoms with E-state index >= 15 is 0 Å². The molecule has 0 aliphatic heterocycles. The van der Waals surface area contributed by atoms with Crippen LogP contribution in [-0.4, -0.2) is 19.9 Å². The second-order valence-corrected chi connectivity index (χ2v) is 13.6. The Bertz CT molecular complexity index is 2960. The first kappa shape index (κ1) is 31.4. The zero-order valence-electron chi connectivity index (χ0n) is 29.3. The van der Waals surface area contributed by atoms with Crippen molar-refractivity contribution in [3.8, 4) is 67.2 Å². The van der Waals surface area contributed by atoms with Gasteiger partial charge in [-0.1, -0.05) is 133 Å². The molecule has 0 spiro atoms. The Kier molecular flexibility index (Phi) is 7.77. The Labute approximate surface area is 313 Å². The van der Waals surface area contributed by atoms with Crippen LogP contribution in [0.4, 0.5) is 0 Å². The molecule has 10 rings (SSSR count). The summed E-state index contributed by atoms with van der Waals surface area (Å²) in [7, 11) is 0. The average Bonchev–Trinajstić information content (AvgIpc) is 3.26. The van der Waals surface area contributed by atoms with E-state index in [-0.39, 0.29) is 0 Å². The normalized spacial score (nSPS) is 11.3. The summed E-state index contributed by atoms with van der Waals surface area (Å²) in [6.07, 6.45) is 7.38. The highest BCUT2D eigenvalue weighted by atomic mass is 14.9. The molecule has 0 unspecified atom stereocenters. The molecule has 0 radical (unpaired) electrons. The van der Waals surface area contributed by atoms with E-state index in [0.29, 0.717) is 5.82 Å². The van der Waals surface area contributed by atoms with Crippen LogP contribution >= 0.6 is 0 Å². The van der Waals surface area contributed by atoms with Crippen LogP contribution in [0, 0.1) is 0 Å². The van der Waals surface area contributed by atoms with Crippen molar-refractivity contribution < 1.29 is 0 Å². The molecule has 3 heterocycles. The molecule has 0 saturated heterocycles. The van der Waals surface area contributed by atoms with Gasteiger partial charge in [-0.25, -0.2) is 9.97 Å². The second-order valence-electron chi connectivity index (χ2n) is 13.6. The first-order valence-corrected chi connectivity index (χ1v) is 18.1. The van der Waals surface area contributed by atoms with Crippen molar-refractivity contribution >= 4 is 32.4 Å². The summed E-state index contributed by atoms with van der Waals surface area (Å²) in [5.74, 6) is 0.673. The molecule has 3 aromatic heterocycles. The standard InChI is InChI=1S/C50H32N4/c1-3-9-39-27-41(23-17-33(39)7-1)45-29-46(42-24-18-34-8-2-4-10-40(34)28-42)49-47(30-45)48(37-19-13-35(14-20-37)43-11-5-25-51-31-43)53-50(54-49)38-21-15-36(16-22-38)44-12-6-26-52-32-44/h1-32H. The Morgan fingerprint density at radius 1 is 0.315 bits per heavy atom. The number of benzene rings is 7. The van der Waals surface area contributed by atoms with Crippen molar-refractivity contribution in [2.24, 2.45) is 0 Å². The largest absolute Gasteiger partial charge is 0.264 e. The fourth-order valence-electron chi connectivity index (χ4n) is 7.39. The van der Waals surface area contributed by atoms with E-state index in [4.69, 9.17) is 9.97 Å². The van der Waals surface area contributed by atoms with Gasteiger partial charge in [-0.2, -0.15) is 0 Å². The van der Waals surface area contributed by atoms with Gasteiger partial charge in [0.25, 0.3) is 0 Å². The van der Waals surface area contributed by atoms with Gasteiger partial charge in [-0.3, -0.25) is 9.97 Å². The Morgan fingerprint density at radius 3 is 1.43 bits per heavy atom. The monoisotopic (exact) mass is 688 g/mol. The third-order valence-electron chi connectivity index (χ3n) is 10.2. The highest BCUT2D eigenvalue weighted by Crippen LogP contribution is 2.40. The maximum absolute atomic E-state index is 5.41. The fourth-order valence-corrected chi connectivity index (χ4v) is 7.39.